The largest absolute Gasteiger partial charge is 0.493 e. The zero-order valence-electron chi connectivity index (χ0n) is 11.9. The van der Waals surface area contributed by atoms with Gasteiger partial charge in [0.2, 0.25) is 5.91 Å². The number of hydrogen-bond donors (Lipinski definition) is 0. The van der Waals surface area contributed by atoms with Crippen molar-refractivity contribution in [1.29, 1.82) is 0 Å². The van der Waals surface area contributed by atoms with Gasteiger partial charge in [-0.25, -0.2) is 0 Å². The van der Waals surface area contributed by atoms with Crippen molar-refractivity contribution in [2.45, 2.75) is 39.5 Å². The normalized spacial score (nSPS) is 15.4. The molecule has 1 fully saturated rings. The number of carbonyl (C=O) groups excluding carboxylic acids is 1. The molecule has 0 spiro atoms. The highest BCUT2D eigenvalue weighted by Gasteiger charge is 2.16. The summed E-state index contributed by atoms with van der Waals surface area (Å²) in [5.41, 5.74) is 2.30. The maximum absolute atomic E-state index is 12.0. The first-order valence-electron chi connectivity index (χ1n) is 7.14. The van der Waals surface area contributed by atoms with E-state index in [0.717, 1.165) is 37.2 Å². The van der Waals surface area contributed by atoms with Crippen LogP contribution in [0.3, 0.4) is 0 Å². The Morgan fingerprint density at radius 3 is 2.68 bits per heavy atom. The Kier molecular flexibility index (Phi) is 4.83. The number of aryl methyl sites for hydroxylation is 2. The highest BCUT2D eigenvalue weighted by atomic mass is 16.5. The third kappa shape index (κ3) is 3.98. The Hall–Kier alpha value is -1.51. The molecule has 3 nitrogen and oxygen atoms in total. The van der Waals surface area contributed by atoms with Crippen LogP contribution in [0.2, 0.25) is 0 Å². The van der Waals surface area contributed by atoms with E-state index in [0.29, 0.717) is 13.0 Å². The van der Waals surface area contributed by atoms with E-state index in [1.807, 2.05) is 24.8 Å². The number of ether oxygens (including phenoxy) is 1. The van der Waals surface area contributed by atoms with Gasteiger partial charge < -0.3 is 9.64 Å². The van der Waals surface area contributed by atoms with Gasteiger partial charge in [-0.15, -0.1) is 0 Å². The van der Waals surface area contributed by atoms with Gasteiger partial charge in [-0.05, 0) is 50.3 Å². The second-order valence-electron chi connectivity index (χ2n) is 5.31. The summed E-state index contributed by atoms with van der Waals surface area (Å²) in [5, 5.41) is 0. The zero-order chi connectivity index (χ0) is 13.7. The lowest BCUT2D eigenvalue weighted by molar-refractivity contribution is -0.132. The minimum absolute atomic E-state index is 0.227. The maximum Gasteiger partial charge on any atom is 0.225 e. The molecule has 0 saturated carbocycles. The van der Waals surface area contributed by atoms with Crippen LogP contribution in [0.4, 0.5) is 0 Å². The third-order valence-electron chi connectivity index (χ3n) is 3.63. The van der Waals surface area contributed by atoms with Crippen molar-refractivity contribution in [3.05, 3.63) is 29.3 Å². The first kappa shape index (κ1) is 13.9. The van der Waals surface area contributed by atoms with Crippen molar-refractivity contribution in [3.63, 3.8) is 0 Å². The van der Waals surface area contributed by atoms with Crippen molar-refractivity contribution in [1.82, 2.24) is 4.90 Å². The second kappa shape index (κ2) is 6.60. The minimum Gasteiger partial charge on any atom is -0.493 e. The van der Waals surface area contributed by atoms with Gasteiger partial charge in [0.15, 0.2) is 0 Å². The summed E-state index contributed by atoms with van der Waals surface area (Å²) in [6.07, 6.45) is 4.02. The van der Waals surface area contributed by atoms with Gasteiger partial charge in [-0.2, -0.15) is 0 Å². The fraction of sp³-hybridized carbons (Fsp3) is 0.562. The van der Waals surface area contributed by atoms with Gasteiger partial charge in [-0.3, -0.25) is 4.79 Å². The van der Waals surface area contributed by atoms with Gasteiger partial charge in [0.05, 0.1) is 13.0 Å². The number of nitrogens with zero attached hydrogens (tertiary/aromatic N) is 1. The van der Waals surface area contributed by atoms with Gasteiger partial charge >= 0.3 is 0 Å². The van der Waals surface area contributed by atoms with Crippen LogP contribution in [0.5, 0.6) is 5.75 Å². The lowest BCUT2D eigenvalue weighted by atomic mass is 10.1. The number of hydrogen-bond acceptors (Lipinski definition) is 2. The van der Waals surface area contributed by atoms with E-state index in [4.69, 9.17) is 4.74 Å². The predicted octanol–water partition coefficient (Wildman–Crippen LogP) is 3.08. The maximum atomic E-state index is 12.0. The third-order valence-corrected chi connectivity index (χ3v) is 3.63. The van der Waals surface area contributed by atoms with Crippen molar-refractivity contribution in [3.8, 4) is 5.75 Å². The molecule has 104 valence electrons. The fourth-order valence-corrected chi connectivity index (χ4v) is 2.41. The van der Waals surface area contributed by atoms with Crippen LogP contribution in [0, 0.1) is 13.8 Å². The molecule has 1 aromatic rings. The van der Waals surface area contributed by atoms with E-state index in [9.17, 15) is 4.79 Å². The van der Waals surface area contributed by atoms with Crippen LogP contribution in [-0.2, 0) is 4.79 Å². The Bertz CT molecular complexity index is 436. The van der Waals surface area contributed by atoms with Gasteiger partial charge in [-0.1, -0.05) is 12.1 Å². The highest BCUT2D eigenvalue weighted by molar-refractivity contribution is 5.76. The number of carbonyl (C=O) groups is 1. The standard InChI is InChI=1S/C16H23NO2/c1-13-6-7-14(2)15(12-13)19-11-8-16(18)17-9-4-3-5-10-17/h6-7,12H,3-5,8-11H2,1-2H3. The summed E-state index contributed by atoms with van der Waals surface area (Å²) in [5.74, 6) is 1.12. The van der Waals surface area contributed by atoms with E-state index >= 15 is 0 Å². The number of rotatable bonds is 4. The van der Waals surface area contributed by atoms with Gasteiger partial charge in [0.25, 0.3) is 0 Å². The molecule has 0 radical (unpaired) electrons. The SMILES string of the molecule is Cc1ccc(C)c(OCCC(=O)N2CCCCC2)c1. The summed E-state index contributed by atoms with van der Waals surface area (Å²) >= 11 is 0. The molecule has 1 heterocycles. The molecule has 0 unspecified atom stereocenters. The molecule has 1 aliphatic heterocycles. The number of likely N-dealkylation sites (tertiary alicyclic amines) is 1. The van der Waals surface area contributed by atoms with Crippen LogP contribution < -0.4 is 4.74 Å². The summed E-state index contributed by atoms with van der Waals surface area (Å²) in [6, 6.07) is 6.15. The molecule has 1 amide bonds. The Morgan fingerprint density at radius 2 is 1.95 bits per heavy atom. The van der Waals surface area contributed by atoms with Crippen LogP contribution >= 0.6 is 0 Å². The Labute approximate surface area is 115 Å². The number of benzene rings is 1. The molecule has 2 rings (SSSR count). The average Bonchev–Trinajstić information content (AvgIpc) is 2.43. The van der Waals surface area contributed by atoms with Crippen LogP contribution in [0.25, 0.3) is 0 Å². The van der Waals surface area contributed by atoms with Crippen LogP contribution in [0.15, 0.2) is 18.2 Å². The summed E-state index contributed by atoms with van der Waals surface area (Å²) < 4.78 is 5.73. The van der Waals surface area contributed by atoms with Crippen molar-refractivity contribution in [2.24, 2.45) is 0 Å². The average molecular weight is 261 g/mol. The molecule has 0 atom stereocenters. The summed E-state index contributed by atoms with van der Waals surface area (Å²) in [6.45, 7) is 6.39. The van der Waals surface area contributed by atoms with E-state index in [1.165, 1.54) is 12.0 Å². The van der Waals surface area contributed by atoms with Crippen LogP contribution in [-0.4, -0.2) is 30.5 Å². The van der Waals surface area contributed by atoms with Crippen molar-refractivity contribution < 1.29 is 9.53 Å². The molecule has 0 aromatic heterocycles. The molecule has 0 bridgehead atoms. The molecule has 1 saturated heterocycles. The summed E-state index contributed by atoms with van der Waals surface area (Å²) in [7, 11) is 0. The molecule has 0 aliphatic carbocycles. The number of piperidine rings is 1. The topological polar surface area (TPSA) is 29.5 Å². The molecule has 19 heavy (non-hydrogen) atoms. The highest BCUT2D eigenvalue weighted by Crippen LogP contribution is 2.19. The second-order valence-corrected chi connectivity index (χ2v) is 5.31. The molecular weight excluding hydrogens is 238 g/mol. The van der Waals surface area contributed by atoms with E-state index in [1.54, 1.807) is 0 Å². The van der Waals surface area contributed by atoms with Gasteiger partial charge in [0.1, 0.15) is 5.75 Å². The quantitative estimate of drug-likeness (QED) is 0.833. The van der Waals surface area contributed by atoms with Crippen molar-refractivity contribution >= 4 is 5.91 Å². The van der Waals surface area contributed by atoms with Gasteiger partial charge in [0, 0.05) is 13.1 Å². The van der Waals surface area contributed by atoms with E-state index < -0.39 is 0 Å². The van der Waals surface area contributed by atoms with E-state index in [2.05, 4.69) is 12.1 Å². The predicted molar refractivity (Wildman–Crippen MR) is 76.5 cm³/mol. The Balaban J connectivity index is 1.79. The summed E-state index contributed by atoms with van der Waals surface area (Å²) in [4.78, 5) is 14.0. The first-order chi connectivity index (χ1) is 9.16. The molecule has 1 aliphatic rings. The smallest absolute Gasteiger partial charge is 0.225 e. The lowest BCUT2D eigenvalue weighted by Gasteiger charge is -2.26. The minimum atomic E-state index is 0.227. The monoisotopic (exact) mass is 261 g/mol. The first-order valence-corrected chi connectivity index (χ1v) is 7.14. The molecule has 1 aromatic carbocycles. The molecule has 0 N–H and O–H groups in total. The number of amides is 1. The zero-order valence-corrected chi connectivity index (χ0v) is 11.9. The Morgan fingerprint density at radius 1 is 1.21 bits per heavy atom. The van der Waals surface area contributed by atoms with Crippen molar-refractivity contribution in [2.75, 3.05) is 19.7 Å². The van der Waals surface area contributed by atoms with Crippen LogP contribution in [0.1, 0.15) is 36.8 Å². The molecule has 3 heteroatoms. The lowest BCUT2D eigenvalue weighted by Crippen LogP contribution is -2.36. The fourth-order valence-electron chi connectivity index (χ4n) is 2.41. The van der Waals surface area contributed by atoms with E-state index in [-0.39, 0.29) is 5.91 Å². The molecular formula is C16H23NO2.